The van der Waals surface area contributed by atoms with Crippen LogP contribution in [0.5, 0.6) is 0 Å². The third-order valence-corrected chi connectivity index (χ3v) is 2.90. The van der Waals surface area contributed by atoms with Gasteiger partial charge in [-0.2, -0.15) is 5.26 Å². The summed E-state index contributed by atoms with van der Waals surface area (Å²) in [5, 5.41) is 11.6. The minimum atomic E-state index is -1.23. The van der Waals surface area contributed by atoms with Gasteiger partial charge in [0.15, 0.2) is 11.6 Å². The zero-order valence-corrected chi connectivity index (χ0v) is 10.6. The molecule has 0 aliphatic carbocycles. The summed E-state index contributed by atoms with van der Waals surface area (Å²) in [5.74, 6) is -3.22. The van der Waals surface area contributed by atoms with E-state index >= 15 is 0 Å². The Bertz CT molecular complexity index is 677. The molecule has 0 bridgehead atoms. The molecule has 2 aromatic rings. The molecular formula is C15H11F3N2. The van der Waals surface area contributed by atoms with E-state index in [9.17, 15) is 13.2 Å². The van der Waals surface area contributed by atoms with Crippen LogP contribution in [0, 0.1) is 28.8 Å². The molecule has 0 heterocycles. The summed E-state index contributed by atoms with van der Waals surface area (Å²) < 4.78 is 39.5. The van der Waals surface area contributed by atoms with Crippen molar-refractivity contribution < 1.29 is 13.2 Å². The molecular weight excluding hydrogens is 265 g/mol. The molecule has 0 fully saturated rings. The number of hydrogen-bond donors (Lipinski definition) is 1. The first kappa shape index (κ1) is 13.9. The van der Waals surface area contributed by atoms with Crippen molar-refractivity contribution in [2.24, 2.45) is 0 Å². The topological polar surface area (TPSA) is 35.8 Å². The minimum absolute atomic E-state index is 0.126. The molecule has 20 heavy (non-hydrogen) atoms. The average Bonchev–Trinajstić information content (AvgIpc) is 2.44. The molecule has 0 spiro atoms. The first-order valence-electron chi connectivity index (χ1n) is 5.92. The number of anilines is 1. The standard InChI is InChI=1S/C15H11F3N2/c1-9(11-4-2-3-10(5-11)8-19)20-15-7-13(17)12(16)6-14(15)18/h2-7,9,20H,1H3. The molecule has 0 radical (unpaired) electrons. The Kier molecular flexibility index (Phi) is 3.94. The molecule has 0 aromatic heterocycles. The normalized spacial score (nSPS) is 11.8. The fraction of sp³-hybridized carbons (Fsp3) is 0.133. The van der Waals surface area contributed by atoms with Gasteiger partial charge in [-0.3, -0.25) is 0 Å². The summed E-state index contributed by atoms with van der Waals surface area (Å²) in [4.78, 5) is 0. The van der Waals surface area contributed by atoms with E-state index in [4.69, 9.17) is 5.26 Å². The van der Waals surface area contributed by atoms with Gasteiger partial charge in [-0.1, -0.05) is 12.1 Å². The number of nitriles is 1. The lowest BCUT2D eigenvalue weighted by molar-refractivity contribution is 0.495. The van der Waals surface area contributed by atoms with Crippen molar-refractivity contribution in [2.45, 2.75) is 13.0 Å². The second-order valence-electron chi connectivity index (χ2n) is 4.35. The Labute approximate surface area is 114 Å². The van der Waals surface area contributed by atoms with Crippen LogP contribution in [0.15, 0.2) is 36.4 Å². The average molecular weight is 276 g/mol. The van der Waals surface area contributed by atoms with Crippen molar-refractivity contribution in [3.63, 3.8) is 0 Å². The zero-order chi connectivity index (χ0) is 14.7. The molecule has 0 saturated carbocycles. The van der Waals surface area contributed by atoms with Gasteiger partial charge in [0.2, 0.25) is 0 Å². The molecule has 102 valence electrons. The van der Waals surface area contributed by atoms with Gasteiger partial charge in [-0.05, 0) is 24.6 Å². The summed E-state index contributed by atoms with van der Waals surface area (Å²) in [6.07, 6.45) is 0. The third-order valence-electron chi connectivity index (χ3n) is 2.90. The number of halogens is 3. The van der Waals surface area contributed by atoms with Gasteiger partial charge in [0, 0.05) is 18.2 Å². The number of nitrogens with zero attached hydrogens (tertiary/aromatic N) is 1. The van der Waals surface area contributed by atoms with E-state index < -0.39 is 17.5 Å². The Balaban J connectivity index is 2.25. The molecule has 0 aliphatic rings. The van der Waals surface area contributed by atoms with Crippen LogP contribution in [-0.2, 0) is 0 Å². The molecule has 5 heteroatoms. The van der Waals surface area contributed by atoms with Gasteiger partial charge in [0.05, 0.1) is 17.3 Å². The molecule has 2 nitrogen and oxygen atoms in total. The van der Waals surface area contributed by atoms with Gasteiger partial charge in [0.25, 0.3) is 0 Å². The lowest BCUT2D eigenvalue weighted by Gasteiger charge is -2.16. The quantitative estimate of drug-likeness (QED) is 0.855. The lowest BCUT2D eigenvalue weighted by atomic mass is 10.1. The van der Waals surface area contributed by atoms with E-state index in [1.807, 2.05) is 6.07 Å². The van der Waals surface area contributed by atoms with E-state index in [0.717, 1.165) is 11.6 Å². The third kappa shape index (κ3) is 2.91. The van der Waals surface area contributed by atoms with Gasteiger partial charge in [0.1, 0.15) is 5.82 Å². The Morgan fingerprint density at radius 2 is 1.75 bits per heavy atom. The summed E-state index contributed by atoms with van der Waals surface area (Å²) in [5.41, 5.74) is 1.09. The number of rotatable bonds is 3. The molecule has 2 aromatic carbocycles. The van der Waals surface area contributed by atoms with Gasteiger partial charge < -0.3 is 5.32 Å². The lowest BCUT2D eigenvalue weighted by Crippen LogP contribution is -2.09. The van der Waals surface area contributed by atoms with Gasteiger partial charge in [-0.25, -0.2) is 13.2 Å². The molecule has 1 atom stereocenters. The molecule has 0 amide bonds. The maximum Gasteiger partial charge on any atom is 0.161 e. The van der Waals surface area contributed by atoms with Crippen LogP contribution in [0.25, 0.3) is 0 Å². The predicted molar refractivity (Wildman–Crippen MR) is 69.5 cm³/mol. The maximum absolute atomic E-state index is 13.5. The smallest absolute Gasteiger partial charge is 0.161 e. The predicted octanol–water partition coefficient (Wildman–Crippen LogP) is 4.15. The SMILES string of the molecule is CC(Nc1cc(F)c(F)cc1F)c1cccc(C#N)c1. The molecule has 2 rings (SSSR count). The number of benzene rings is 2. The van der Waals surface area contributed by atoms with Gasteiger partial charge in [-0.15, -0.1) is 0 Å². The first-order chi connectivity index (χ1) is 9.51. The van der Waals surface area contributed by atoms with Gasteiger partial charge >= 0.3 is 0 Å². The molecule has 0 saturated heterocycles. The van der Waals surface area contributed by atoms with Crippen LogP contribution in [0.4, 0.5) is 18.9 Å². The van der Waals surface area contributed by atoms with Crippen LogP contribution < -0.4 is 5.32 Å². The highest BCUT2D eigenvalue weighted by Crippen LogP contribution is 2.24. The van der Waals surface area contributed by atoms with E-state index in [1.165, 1.54) is 0 Å². The molecule has 1 unspecified atom stereocenters. The summed E-state index contributed by atoms with van der Waals surface area (Å²) in [6, 6.07) is 9.67. The van der Waals surface area contributed by atoms with Crippen LogP contribution >= 0.6 is 0 Å². The summed E-state index contributed by atoms with van der Waals surface area (Å²) in [7, 11) is 0. The van der Waals surface area contributed by atoms with Crippen molar-refractivity contribution >= 4 is 5.69 Å². The maximum atomic E-state index is 13.5. The van der Waals surface area contributed by atoms with Crippen LogP contribution in [0.1, 0.15) is 24.1 Å². The van der Waals surface area contributed by atoms with E-state index in [2.05, 4.69) is 5.32 Å². The van der Waals surface area contributed by atoms with Crippen LogP contribution in [0.2, 0.25) is 0 Å². The monoisotopic (exact) mass is 276 g/mol. The fourth-order valence-corrected chi connectivity index (χ4v) is 1.83. The van der Waals surface area contributed by atoms with E-state index in [1.54, 1.807) is 31.2 Å². The highest BCUT2D eigenvalue weighted by Gasteiger charge is 2.13. The Hall–Kier alpha value is -2.48. The Morgan fingerprint density at radius 1 is 1.05 bits per heavy atom. The number of nitrogens with one attached hydrogen (secondary N) is 1. The van der Waals surface area contributed by atoms with E-state index in [-0.39, 0.29) is 11.7 Å². The van der Waals surface area contributed by atoms with Crippen molar-refractivity contribution in [1.29, 1.82) is 5.26 Å². The van der Waals surface area contributed by atoms with Crippen molar-refractivity contribution in [3.8, 4) is 6.07 Å². The number of hydrogen-bond acceptors (Lipinski definition) is 2. The minimum Gasteiger partial charge on any atom is -0.376 e. The van der Waals surface area contributed by atoms with Crippen molar-refractivity contribution in [3.05, 3.63) is 65.0 Å². The molecule has 0 aliphatic heterocycles. The van der Waals surface area contributed by atoms with Crippen LogP contribution in [-0.4, -0.2) is 0 Å². The second kappa shape index (κ2) is 5.66. The van der Waals surface area contributed by atoms with Crippen LogP contribution in [0.3, 0.4) is 0 Å². The Morgan fingerprint density at radius 3 is 2.45 bits per heavy atom. The highest BCUT2D eigenvalue weighted by atomic mass is 19.2. The van der Waals surface area contributed by atoms with E-state index in [0.29, 0.717) is 11.6 Å². The highest BCUT2D eigenvalue weighted by molar-refractivity contribution is 5.48. The zero-order valence-electron chi connectivity index (χ0n) is 10.6. The largest absolute Gasteiger partial charge is 0.376 e. The molecule has 1 N–H and O–H groups in total. The summed E-state index contributed by atoms with van der Waals surface area (Å²) in [6.45, 7) is 1.73. The summed E-state index contributed by atoms with van der Waals surface area (Å²) >= 11 is 0. The first-order valence-corrected chi connectivity index (χ1v) is 5.92. The fourth-order valence-electron chi connectivity index (χ4n) is 1.83. The second-order valence-corrected chi connectivity index (χ2v) is 4.35. The van der Waals surface area contributed by atoms with Crippen molar-refractivity contribution in [1.82, 2.24) is 0 Å². The van der Waals surface area contributed by atoms with Crippen molar-refractivity contribution in [2.75, 3.05) is 5.32 Å².